The van der Waals surface area contributed by atoms with Crippen molar-refractivity contribution < 1.29 is 9.59 Å². The van der Waals surface area contributed by atoms with Gasteiger partial charge in [-0.15, -0.1) is 0 Å². The minimum absolute atomic E-state index is 0.0193. The van der Waals surface area contributed by atoms with E-state index in [1.807, 2.05) is 32.9 Å². The molecule has 0 radical (unpaired) electrons. The number of carbonyl (C=O) groups excluding carboxylic acids is 2. The number of rotatable bonds is 6. The Kier molecular flexibility index (Phi) is 5.40. The molecule has 0 aliphatic carbocycles. The molecule has 0 saturated heterocycles. The summed E-state index contributed by atoms with van der Waals surface area (Å²) in [5, 5.41) is 3.37. The largest absolute Gasteiger partial charge is 0.355 e. The van der Waals surface area contributed by atoms with Crippen LogP contribution < -0.4 is 5.32 Å². The van der Waals surface area contributed by atoms with Gasteiger partial charge in [0.1, 0.15) is 0 Å². The van der Waals surface area contributed by atoms with E-state index in [4.69, 9.17) is 0 Å². The van der Waals surface area contributed by atoms with Crippen LogP contribution in [0.5, 0.6) is 0 Å². The Morgan fingerprint density at radius 2 is 1.71 bits per heavy atom. The van der Waals surface area contributed by atoms with Gasteiger partial charge in [-0.1, -0.05) is 24.3 Å². The molecule has 1 aromatic heterocycles. The average molecular weight is 326 g/mol. The molecular formula is C20H26N2O2. The zero-order chi connectivity index (χ0) is 18.0. The molecule has 2 unspecified atom stereocenters. The van der Waals surface area contributed by atoms with Crippen LogP contribution in [-0.4, -0.2) is 22.6 Å². The number of carbonyl (C=O) groups is 2. The molecule has 1 aromatic carbocycles. The van der Waals surface area contributed by atoms with E-state index in [1.54, 1.807) is 0 Å². The molecule has 24 heavy (non-hydrogen) atoms. The van der Waals surface area contributed by atoms with Crippen molar-refractivity contribution in [1.29, 1.82) is 0 Å². The lowest BCUT2D eigenvalue weighted by Crippen LogP contribution is -2.36. The van der Waals surface area contributed by atoms with E-state index in [2.05, 4.69) is 36.3 Å². The standard InChI is InChI=1S/C20H26N2O2/c1-11-9-7-8-10-17(11)13(3)21-15(5)20(24)19-12(2)18(16(6)23)14(4)22-19/h7-10,13,15,21-22H,1-6H3. The first kappa shape index (κ1) is 18.1. The predicted octanol–water partition coefficient (Wildman–Crippen LogP) is 4.06. The summed E-state index contributed by atoms with van der Waals surface area (Å²) in [5.74, 6) is -0.0438. The lowest BCUT2D eigenvalue weighted by molar-refractivity contribution is 0.0940. The van der Waals surface area contributed by atoms with Crippen molar-refractivity contribution in [2.45, 2.75) is 53.6 Å². The minimum Gasteiger partial charge on any atom is -0.355 e. The number of aromatic amines is 1. The Hall–Kier alpha value is -2.20. The summed E-state index contributed by atoms with van der Waals surface area (Å²) in [6.07, 6.45) is 0. The van der Waals surface area contributed by atoms with Crippen LogP contribution in [0.25, 0.3) is 0 Å². The molecule has 0 saturated carbocycles. The van der Waals surface area contributed by atoms with Crippen LogP contribution in [0.3, 0.4) is 0 Å². The molecule has 2 atom stereocenters. The zero-order valence-electron chi connectivity index (χ0n) is 15.3. The van der Waals surface area contributed by atoms with Crippen LogP contribution in [0.15, 0.2) is 24.3 Å². The lowest BCUT2D eigenvalue weighted by atomic mass is 9.99. The van der Waals surface area contributed by atoms with Crippen molar-refractivity contribution in [3.8, 4) is 0 Å². The molecule has 0 spiro atoms. The second-order valence-electron chi connectivity index (χ2n) is 6.51. The fourth-order valence-corrected chi connectivity index (χ4v) is 3.35. The van der Waals surface area contributed by atoms with Crippen LogP contribution in [0.4, 0.5) is 0 Å². The van der Waals surface area contributed by atoms with E-state index < -0.39 is 0 Å². The van der Waals surface area contributed by atoms with Gasteiger partial charge in [-0.05, 0) is 58.2 Å². The molecule has 4 nitrogen and oxygen atoms in total. The molecular weight excluding hydrogens is 300 g/mol. The molecule has 0 bridgehead atoms. The normalized spacial score (nSPS) is 13.6. The molecule has 2 N–H and O–H groups in total. The van der Waals surface area contributed by atoms with Gasteiger partial charge in [0.2, 0.25) is 0 Å². The van der Waals surface area contributed by atoms with Crippen molar-refractivity contribution in [3.05, 3.63) is 57.9 Å². The summed E-state index contributed by atoms with van der Waals surface area (Å²) in [6, 6.07) is 7.86. The number of nitrogens with one attached hydrogen (secondary N) is 2. The third kappa shape index (κ3) is 3.49. The third-order valence-corrected chi connectivity index (χ3v) is 4.58. The van der Waals surface area contributed by atoms with Crippen molar-refractivity contribution in [1.82, 2.24) is 10.3 Å². The number of aromatic nitrogens is 1. The van der Waals surface area contributed by atoms with Gasteiger partial charge in [-0.3, -0.25) is 9.59 Å². The smallest absolute Gasteiger partial charge is 0.195 e. The summed E-state index contributed by atoms with van der Waals surface area (Å²) in [4.78, 5) is 27.6. The number of H-pyrrole nitrogens is 1. The van der Waals surface area contributed by atoms with Crippen LogP contribution >= 0.6 is 0 Å². The molecule has 128 valence electrons. The monoisotopic (exact) mass is 326 g/mol. The Balaban J connectivity index is 2.20. The Bertz CT molecular complexity index is 774. The van der Waals surface area contributed by atoms with Gasteiger partial charge in [0.15, 0.2) is 11.6 Å². The predicted molar refractivity (Wildman–Crippen MR) is 96.8 cm³/mol. The average Bonchev–Trinajstić information content (AvgIpc) is 2.81. The molecule has 0 aliphatic heterocycles. The lowest BCUT2D eigenvalue weighted by Gasteiger charge is -2.21. The molecule has 0 aliphatic rings. The molecule has 1 heterocycles. The third-order valence-electron chi connectivity index (χ3n) is 4.58. The van der Waals surface area contributed by atoms with Crippen LogP contribution in [0.2, 0.25) is 0 Å². The fourth-order valence-electron chi connectivity index (χ4n) is 3.35. The highest BCUT2D eigenvalue weighted by atomic mass is 16.1. The Morgan fingerprint density at radius 3 is 2.25 bits per heavy atom. The first-order valence-corrected chi connectivity index (χ1v) is 8.29. The van der Waals surface area contributed by atoms with Crippen molar-refractivity contribution in [2.75, 3.05) is 0 Å². The SMILES string of the molecule is CC(=O)c1c(C)[nH]c(C(=O)C(C)NC(C)c2ccccc2C)c1C. The van der Waals surface area contributed by atoms with Gasteiger partial charge in [0.25, 0.3) is 0 Å². The number of hydrogen-bond acceptors (Lipinski definition) is 3. The highest BCUT2D eigenvalue weighted by Gasteiger charge is 2.24. The number of aryl methyl sites for hydroxylation is 2. The summed E-state index contributed by atoms with van der Waals surface area (Å²) in [6.45, 7) is 11.2. The molecule has 4 heteroatoms. The molecule has 2 rings (SSSR count). The number of Topliss-reactive ketones (excluding diaryl/α,β-unsaturated/α-hetero) is 2. The number of benzene rings is 1. The maximum Gasteiger partial charge on any atom is 0.195 e. The van der Waals surface area contributed by atoms with Gasteiger partial charge >= 0.3 is 0 Å². The summed E-state index contributed by atoms with van der Waals surface area (Å²) in [5.41, 5.74) is 5.01. The maximum atomic E-state index is 12.8. The van der Waals surface area contributed by atoms with E-state index in [0.717, 1.165) is 11.3 Å². The van der Waals surface area contributed by atoms with E-state index in [9.17, 15) is 9.59 Å². The topological polar surface area (TPSA) is 62.0 Å². The van der Waals surface area contributed by atoms with Gasteiger partial charge in [0.05, 0.1) is 11.7 Å². The second-order valence-corrected chi connectivity index (χ2v) is 6.51. The molecule has 2 aromatic rings. The second kappa shape index (κ2) is 7.14. The summed E-state index contributed by atoms with van der Waals surface area (Å²) < 4.78 is 0. The number of ketones is 2. The fraction of sp³-hybridized carbons (Fsp3) is 0.400. The van der Waals surface area contributed by atoms with E-state index in [0.29, 0.717) is 11.3 Å². The molecule has 0 fully saturated rings. The first-order chi connectivity index (χ1) is 11.2. The molecule has 0 amide bonds. The minimum atomic E-state index is -0.351. The van der Waals surface area contributed by atoms with Crippen molar-refractivity contribution >= 4 is 11.6 Å². The first-order valence-electron chi connectivity index (χ1n) is 8.29. The van der Waals surface area contributed by atoms with Gasteiger partial charge < -0.3 is 10.3 Å². The van der Waals surface area contributed by atoms with E-state index in [1.165, 1.54) is 18.1 Å². The highest BCUT2D eigenvalue weighted by Crippen LogP contribution is 2.21. The van der Waals surface area contributed by atoms with E-state index >= 15 is 0 Å². The number of hydrogen-bond donors (Lipinski definition) is 2. The van der Waals surface area contributed by atoms with Crippen molar-refractivity contribution in [3.63, 3.8) is 0 Å². The highest BCUT2D eigenvalue weighted by molar-refractivity contribution is 6.05. The summed E-state index contributed by atoms with van der Waals surface area (Å²) in [7, 11) is 0. The summed E-state index contributed by atoms with van der Waals surface area (Å²) >= 11 is 0. The maximum absolute atomic E-state index is 12.8. The Labute approximate surface area is 143 Å². The van der Waals surface area contributed by atoms with Crippen LogP contribution in [-0.2, 0) is 0 Å². The Morgan fingerprint density at radius 1 is 1.08 bits per heavy atom. The van der Waals surface area contributed by atoms with Crippen LogP contribution in [0, 0.1) is 20.8 Å². The van der Waals surface area contributed by atoms with Gasteiger partial charge in [-0.2, -0.15) is 0 Å². The van der Waals surface area contributed by atoms with Crippen LogP contribution in [0.1, 0.15) is 70.0 Å². The van der Waals surface area contributed by atoms with Gasteiger partial charge in [0, 0.05) is 17.3 Å². The van der Waals surface area contributed by atoms with Crippen molar-refractivity contribution in [2.24, 2.45) is 0 Å². The van der Waals surface area contributed by atoms with E-state index in [-0.39, 0.29) is 23.7 Å². The zero-order valence-corrected chi connectivity index (χ0v) is 15.3. The van der Waals surface area contributed by atoms with Gasteiger partial charge in [-0.25, -0.2) is 0 Å². The quantitative estimate of drug-likeness (QED) is 0.787.